The van der Waals surface area contributed by atoms with Gasteiger partial charge < -0.3 is 9.47 Å². The Morgan fingerprint density at radius 3 is 1.32 bits per heavy atom. The molecule has 16 atom stereocenters. The van der Waals surface area contributed by atoms with Gasteiger partial charge in [0.1, 0.15) is 12.2 Å². The topological polar surface area (TPSA) is 52.6 Å². The van der Waals surface area contributed by atoms with Gasteiger partial charge in [-0.25, -0.2) is 0 Å². The number of fused-ring (bicyclic) bond motifs is 10. The molecule has 6 saturated carbocycles. The molecule has 62 heavy (non-hydrogen) atoms. The van der Waals surface area contributed by atoms with Crippen LogP contribution >= 0.6 is 0 Å². The van der Waals surface area contributed by atoms with Crippen LogP contribution in [0.5, 0.6) is 0 Å². The number of hydrogen-bond acceptors (Lipinski definition) is 4. The zero-order valence-corrected chi connectivity index (χ0v) is 41.8. The van der Waals surface area contributed by atoms with Gasteiger partial charge in [-0.15, -0.1) is 0 Å². The Bertz CT molecular complexity index is 1540. The molecule has 0 aromatic rings. The SMILES string of the molecule is CC(C)CCC[C@@H](C)[C@@H]1CC[C@H]2[C@@H]3CC=C4C[C@@H](OC(=O)CCC(=O)O[C@H]5CC[C@@]6(C)C(=CC[C@@H]7[C@H]8CC[C@@H]([C@H](C)CCCC(C)C)[C@@]8(C)CC[C@H]76)C5)CC[C@@]4(C)[C@@H]3CC[C@]21C. The van der Waals surface area contributed by atoms with Crippen LogP contribution in [0.2, 0.25) is 0 Å². The number of carbonyl (C=O) groups is 2. The number of rotatable bonds is 15. The summed E-state index contributed by atoms with van der Waals surface area (Å²) in [6.45, 7) is 25.1. The predicted octanol–water partition coefficient (Wildman–Crippen LogP) is 15.7. The minimum atomic E-state index is -0.224. The molecular formula is C58H94O4. The summed E-state index contributed by atoms with van der Waals surface area (Å²) in [6, 6.07) is 0. The maximum Gasteiger partial charge on any atom is 0.306 e. The first-order valence-electron chi connectivity index (χ1n) is 27.2. The van der Waals surface area contributed by atoms with Crippen molar-refractivity contribution in [2.75, 3.05) is 0 Å². The first-order chi connectivity index (χ1) is 29.5. The molecule has 8 rings (SSSR count). The molecule has 0 N–H and O–H groups in total. The minimum Gasteiger partial charge on any atom is -0.462 e. The lowest BCUT2D eigenvalue weighted by Gasteiger charge is -2.58. The van der Waals surface area contributed by atoms with Crippen molar-refractivity contribution >= 4 is 11.9 Å². The van der Waals surface area contributed by atoms with Crippen molar-refractivity contribution in [1.29, 1.82) is 0 Å². The maximum atomic E-state index is 13.3. The van der Waals surface area contributed by atoms with Gasteiger partial charge in [0.2, 0.25) is 0 Å². The fourth-order valence-electron chi connectivity index (χ4n) is 18.2. The lowest BCUT2D eigenvalue weighted by Crippen LogP contribution is -2.51. The summed E-state index contributed by atoms with van der Waals surface area (Å²) >= 11 is 0. The number of hydrogen-bond donors (Lipinski definition) is 0. The number of carbonyl (C=O) groups excluding carboxylic acids is 2. The lowest BCUT2D eigenvalue weighted by molar-refractivity contribution is -0.158. The average molecular weight is 855 g/mol. The van der Waals surface area contributed by atoms with E-state index < -0.39 is 0 Å². The first kappa shape index (κ1) is 46.9. The molecular weight excluding hydrogens is 761 g/mol. The van der Waals surface area contributed by atoms with Gasteiger partial charge in [0, 0.05) is 12.8 Å². The molecule has 8 aliphatic rings. The van der Waals surface area contributed by atoms with Crippen LogP contribution in [0.15, 0.2) is 23.3 Å². The van der Waals surface area contributed by atoms with Crippen molar-refractivity contribution in [2.24, 2.45) is 92.7 Å². The van der Waals surface area contributed by atoms with Crippen molar-refractivity contribution in [1.82, 2.24) is 0 Å². The predicted molar refractivity (Wildman–Crippen MR) is 255 cm³/mol. The quantitative estimate of drug-likeness (QED) is 0.122. The fourth-order valence-corrected chi connectivity index (χ4v) is 18.2. The highest BCUT2D eigenvalue weighted by Gasteiger charge is 2.61. The van der Waals surface area contributed by atoms with Crippen LogP contribution in [0, 0.1) is 92.7 Å². The molecule has 0 spiro atoms. The summed E-state index contributed by atoms with van der Waals surface area (Å²) in [4.78, 5) is 26.5. The largest absolute Gasteiger partial charge is 0.462 e. The maximum absolute atomic E-state index is 13.3. The van der Waals surface area contributed by atoms with Crippen LogP contribution in [0.4, 0.5) is 0 Å². The third-order valence-corrected chi connectivity index (χ3v) is 21.6. The second-order valence-corrected chi connectivity index (χ2v) is 25.8. The molecule has 0 aromatic carbocycles. The van der Waals surface area contributed by atoms with Gasteiger partial charge in [0.15, 0.2) is 0 Å². The zero-order valence-electron chi connectivity index (χ0n) is 41.8. The smallest absolute Gasteiger partial charge is 0.306 e. The second-order valence-electron chi connectivity index (χ2n) is 25.8. The van der Waals surface area contributed by atoms with Crippen molar-refractivity contribution < 1.29 is 19.1 Å². The van der Waals surface area contributed by atoms with Crippen molar-refractivity contribution in [2.45, 2.75) is 236 Å². The molecule has 8 aliphatic carbocycles. The molecule has 0 heterocycles. The Hall–Kier alpha value is -1.58. The van der Waals surface area contributed by atoms with Crippen molar-refractivity contribution in [3.63, 3.8) is 0 Å². The Morgan fingerprint density at radius 2 is 0.935 bits per heavy atom. The zero-order chi connectivity index (χ0) is 44.2. The molecule has 6 fully saturated rings. The Labute approximate surface area is 381 Å². The van der Waals surface area contributed by atoms with Gasteiger partial charge in [0.05, 0.1) is 12.8 Å². The number of ether oxygens (including phenoxy) is 2. The second kappa shape index (κ2) is 18.6. The molecule has 0 saturated heterocycles. The number of esters is 2. The highest BCUT2D eigenvalue weighted by Crippen LogP contribution is 2.69. The fraction of sp³-hybridized carbons (Fsp3) is 0.897. The molecule has 4 nitrogen and oxygen atoms in total. The van der Waals surface area contributed by atoms with E-state index in [0.717, 1.165) is 110 Å². The van der Waals surface area contributed by atoms with Crippen LogP contribution in [0.25, 0.3) is 0 Å². The van der Waals surface area contributed by atoms with E-state index in [1.54, 1.807) is 11.1 Å². The highest BCUT2D eigenvalue weighted by atomic mass is 16.6. The average Bonchev–Trinajstić information content (AvgIpc) is 3.77. The van der Waals surface area contributed by atoms with Gasteiger partial charge in [-0.2, -0.15) is 0 Å². The van der Waals surface area contributed by atoms with E-state index in [4.69, 9.17) is 9.47 Å². The van der Waals surface area contributed by atoms with Crippen LogP contribution in [-0.2, 0) is 19.1 Å². The molecule has 0 radical (unpaired) electrons. The third kappa shape index (κ3) is 8.86. The summed E-state index contributed by atoms with van der Waals surface area (Å²) in [6.07, 6.45) is 33.2. The molecule has 350 valence electrons. The van der Waals surface area contributed by atoms with E-state index in [0.29, 0.717) is 10.8 Å². The van der Waals surface area contributed by atoms with Gasteiger partial charge in [-0.1, -0.05) is 131 Å². The van der Waals surface area contributed by atoms with Crippen molar-refractivity contribution in [3.05, 3.63) is 23.3 Å². The van der Waals surface area contributed by atoms with E-state index in [1.165, 1.54) is 103 Å². The number of allylic oxidation sites excluding steroid dienone is 2. The summed E-state index contributed by atoms with van der Waals surface area (Å²) < 4.78 is 12.3. The van der Waals surface area contributed by atoms with E-state index in [9.17, 15) is 9.59 Å². The Kier molecular flexibility index (Phi) is 14.1. The monoisotopic (exact) mass is 855 g/mol. The third-order valence-electron chi connectivity index (χ3n) is 21.6. The van der Waals surface area contributed by atoms with Gasteiger partial charge >= 0.3 is 11.9 Å². The molecule has 0 amide bonds. The van der Waals surface area contributed by atoms with E-state index in [-0.39, 0.29) is 47.8 Å². The summed E-state index contributed by atoms with van der Waals surface area (Å²) in [7, 11) is 0. The first-order valence-corrected chi connectivity index (χ1v) is 27.2. The summed E-state index contributed by atoms with van der Waals surface area (Å²) in [5.74, 6) is 9.52. The van der Waals surface area contributed by atoms with Gasteiger partial charge in [0.25, 0.3) is 0 Å². The van der Waals surface area contributed by atoms with Crippen LogP contribution in [0.1, 0.15) is 223 Å². The normalized spacial score (nSPS) is 43.2. The molecule has 0 aromatic heterocycles. The Balaban J connectivity index is 0.787. The summed E-state index contributed by atoms with van der Waals surface area (Å²) in [5, 5.41) is 0. The lowest BCUT2D eigenvalue weighted by atomic mass is 9.47. The summed E-state index contributed by atoms with van der Waals surface area (Å²) in [5.41, 5.74) is 4.62. The van der Waals surface area contributed by atoms with Gasteiger partial charge in [-0.05, 0) is 183 Å². The van der Waals surface area contributed by atoms with Gasteiger partial charge in [-0.3, -0.25) is 9.59 Å². The van der Waals surface area contributed by atoms with Crippen molar-refractivity contribution in [3.8, 4) is 0 Å². The minimum absolute atomic E-state index is 0.0604. The van der Waals surface area contributed by atoms with E-state index in [2.05, 4.69) is 81.4 Å². The highest BCUT2D eigenvalue weighted by molar-refractivity contribution is 5.77. The molecule has 0 aliphatic heterocycles. The van der Waals surface area contributed by atoms with Crippen LogP contribution in [0.3, 0.4) is 0 Å². The van der Waals surface area contributed by atoms with E-state index >= 15 is 0 Å². The van der Waals surface area contributed by atoms with Crippen LogP contribution < -0.4 is 0 Å². The Morgan fingerprint density at radius 1 is 0.532 bits per heavy atom. The molecule has 4 heteroatoms. The standard InChI is InChI=1S/C58H94O4/c1-37(2)13-11-15-39(5)47-21-23-49-45-19-17-41-35-43(27-31-55(41,7)51(45)29-33-57(47,49)9)61-53(59)25-26-54(60)62-44-28-32-56(8)42(36-44)18-20-46-50-24-22-48(40(6)16-12-14-38(3)4)58(50,10)34-30-52(46)56/h17-18,37-40,43-52H,11-16,19-36H2,1-10H3/t39-,40-,43+,44+,45-,46+,47+,48+,49-,50+,51-,52-,55+,56-,57-,58+/m1/s1. The van der Waals surface area contributed by atoms with Crippen LogP contribution in [-0.4, -0.2) is 24.1 Å². The molecule has 0 bridgehead atoms. The van der Waals surface area contributed by atoms with E-state index in [1.807, 2.05) is 0 Å². The molecule has 0 unspecified atom stereocenters.